The zero-order valence-corrected chi connectivity index (χ0v) is 17.5. The predicted octanol–water partition coefficient (Wildman–Crippen LogP) is 1.08. The first kappa shape index (κ1) is 19.3. The third-order valence-electron chi connectivity index (χ3n) is 7.56. The molecule has 4 aliphatic heterocycles. The first-order valence-electron chi connectivity index (χ1n) is 11.3. The third kappa shape index (κ3) is 3.15. The van der Waals surface area contributed by atoms with Crippen LogP contribution >= 0.6 is 0 Å². The number of carbonyl (C=O) groups is 3. The molecule has 1 aliphatic carbocycles. The highest BCUT2D eigenvalue weighted by Crippen LogP contribution is 2.42. The Morgan fingerprint density at radius 3 is 2.68 bits per heavy atom. The number of imide groups is 1. The number of nitrogens with zero attached hydrogens (tertiary/aromatic N) is 2. The van der Waals surface area contributed by atoms with Crippen molar-refractivity contribution in [1.29, 1.82) is 0 Å². The number of amides is 3. The number of hydrogen-bond acceptors (Lipinski definition) is 6. The minimum absolute atomic E-state index is 0.150. The van der Waals surface area contributed by atoms with Gasteiger partial charge < -0.3 is 14.4 Å². The van der Waals surface area contributed by atoms with Gasteiger partial charge in [-0.25, -0.2) is 0 Å². The van der Waals surface area contributed by atoms with Crippen molar-refractivity contribution in [2.45, 2.75) is 56.8 Å². The molecular weight excluding hydrogens is 398 g/mol. The van der Waals surface area contributed by atoms with Crippen LogP contribution in [0.2, 0.25) is 0 Å². The smallest absolute Gasteiger partial charge is 0.255 e. The van der Waals surface area contributed by atoms with E-state index >= 15 is 0 Å². The Morgan fingerprint density at radius 1 is 1.10 bits per heavy atom. The van der Waals surface area contributed by atoms with E-state index in [4.69, 9.17) is 9.47 Å². The van der Waals surface area contributed by atoms with Crippen LogP contribution in [0.1, 0.15) is 48.0 Å². The molecule has 8 heteroatoms. The Morgan fingerprint density at radius 2 is 1.94 bits per heavy atom. The summed E-state index contributed by atoms with van der Waals surface area (Å²) in [5, 5.41) is 2.34. The van der Waals surface area contributed by atoms with E-state index in [0.717, 1.165) is 50.5 Å². The summed E-state index contributed by atoms with van der Waals surface area (Å²) in [4.78, 5) is 40.7. The van der Waals surface area contributed by atoms with E-state index in [9.17, 15) is 14.4 Å². The summed E-state index contributed by atoms with van der Waals surface area (Å²) in [5.74, 6) is -0.0174. The minimum atomic E-state index is -0.588. The van der Waals surface area contributed by atoms with Crippen LogP contribution in [-0.2, 0) is 20.9 Å². The molecule has 8 nitrogen and oxygen atoms in total. The molecule has 1 spiro atoms. The van der Waals surface area contributed by atoms with Crippen LogP contribution in [-0.4, -0.2) is 72.0 Å². The fourth-order valence-electron chi connectivity index (χ4n) is 5.88. The van der Waals surface area contributed by atoms with E-state index in [0.29, 0.717) is 30.0 Å². The number of nitrogens with one attached hydrogen (secondary N) is 1. The number of hydrogen-bond donors (Lipinski definition) is 1. The molecule has 4 fully saturated rings. The van der Waals surface area contributed by atoms with Gasteiger partial charge in [0.05, 0.1) is 13.2 Å². The van der Waals surface area contributed by atoms with Gasteiger partial charge in [0.15, 0.2) is 0 Å². The Balaban J connectivity index is 1.13. The zero-order valence-electron chi connectivity index (χ0n) is 17.5. The van der Waals surface area contributed by atoms with Gasteiger partial charge in [0.25, 0.3) is 5.91 Å². The molecule has 1 N–H and O–H groups in total. The highest BCUT2D eigenvalue weighted by atomic mass is 16.5. The molecule has 1 aromatic rings. The summed E-state index contributed by atoms with van der Waals surface area (Å²) < 4.78 is 11.8. The van der Waals surface area contributed by atoms with Crippen LogP contribution in [0.25, 0.3) is 0 Å². The van der Waals surface area contributed by atoms with E-state index in [-0.39, 0.29) is 30.2 Å². The number of ether oxygens (including phenoxy) is 2. The fourth-order valence-corrected chi connectivity index (χ4v) is 5.88. The summed E-state index contributed by atoms with van der Waals surface area (Å²) in [6.45, 7) is 4.38. The van der Waals surface area contributed by atoms with Crippen molar-refractivity contribution in [3.05, 3.63) is 29.3 Å². The van der Waals surface area contributed by atoms with Crippen molar-refractivity contribution >= 4 is 17.7 Å². The van der Waals surface area contributed by atoms with Gasteiger partial charge in [-0.05, 0) is 49.4 Å². The molecule has 0 bridgehead atoms. The highest BCUT2D eigenvalue weighted by Gasteiger charge is 2.52. The zero-order chi connectivity index (χ0) is 21.2. The Kier molecular flexibility index (Phi) is 4.37. The standard InChI is InChI=1S/C23H27N3O5/c27-20-7-6-18(21(28)24-20)26-9-14-8-15(4-5-16(14)22(26)29)31-19-3-1-2-17(19)25-10-23(11-25)12-30-13-23/h4-5,8,17-19H,1-3,6-7,9-13H2,(H,24,27,28)/t17-,18?,19-/m0/s1. The van der Waals surface area contributed by atoms with Crippen molar-refractivity contribution in [3.63, 3.8) is 0 Å². The quantitative estimate of drug-likeness (QED) is 0.727. The average Bonchev–Trinajstić information content (AvgIpc) is 3.24. The molecule has 3 atom stereocenters. The van der Waals surface area contributed by atoms with E-state index in [1.54, 1.807) is 4.90 Å². The van der Waals surface area contributed by atoms with Crippen molar-refractivity contribution < 1.29 is 23.9 Å². The lowest BCUT2D eigenvalue weighted by molar-refractivity contribution is -0.202. The summed E-state index contributed by atoms with van der Waals surface area (Å²) in [7, 11) is 0. The molecule has 0 radical (unpaired) electrons. The molecule has 164 valence electrons. The second-order valence-electron chi connectivity index (χ2n) is 9.77. The second-order valence-corrected chi connectivity index (χ2v) is 9.77. The summed E-state index contributed by atoms with van der Waals surface area (Å²) in [5.41, 5.74) is 1.91. The molecule has 3 saturated heterocycles. The molecule has 3 amide bonds. The van der Waals surface area contributed by atoms with Gasteiger partial charge in [-0.2, -0.15) is 0 Å². The maximum Gasteiger partial charge on any atom is 0.255 e. The summed E-state index contributed by atoms with van der Waals surface area (Å²) in [6.07, 6.45) is 4.18. The first-order chi connectivity index (χ1) is 15.0. The van der Waals surface area contributed by atoms with Crippen molar-refractivity contribution in [2.24, 2.45) is 5.41 Å². The number of likely N-dealkylation sites (tertiary alicyclic amines) is 1. The monoisotopic (exact) mass is 425 g/mol. The fraction of sp³-hybridized carbons (Fsp3) is 0.609. The number of carbonyl (C=O) groups excluding carboxylic acids is 3. The normalized spacial score (nSPS) is 31.9. The molecule has 1 saturated carbocycles. The predicted molar refractivity (Wildman–Crippen MR) is 109 cm³/mol. The third-order valence-corrected chi connectivity index (χ3v) is 7.56. The van der Waals surface area contributed by atoms with Crippen molar-refractivity contribution in [2.75, 3.05) is 26.3 Å². The van der Waals surface area contributed by atoms with Gasteiger partial charge in [0, 0.05) is 43.1 Å². The highest BCUT2D eigenvalue weighted by molar-refractivity contribution is 6.05. The van der Waals surface area contributed by atoms with Gasteiger partial charge >= 0.3 is 0 Å². The lowest BCUT2D eigenvalue weighted by Gasteiger charge is -2.57. The first-order valence-corrected chi connectivity index (χ1v) is 11.3. The lowest BCUT2D eigenvalue weighted by atomic mass is 9.77. The Bertz CT molecular complexity index is 951. The largest absolute Gasteiger partial charge is 0.489 e. The Labute approximate surface area is 180 Å². The SMILES string of the molecule is O=C1CCC(N2Cc3cc(O[C@H]4CCC[C@@H]4N4CC5(COC5)C4)ccc3C2=O)C(=O)N1. The van der Waals surface area contributed by atoms with Gasteiger partial charge in [-0.3, -0.25) is 24.6 Å². The molecule has 1 aromatic carbocycles. The van der Waals surface area contributed by atoms with Crippen LogP contribution in [0.5, 0.6) is 5.75 Å². The number of rotatable bonds is 4. The van der Waals surface area contributed by atoms with Gasteiger partial charge in [-0.15, -0.1) is 0 Å². The van der Waals surface area contributed by atoms with Crippen molar-refractivity contribution in [1.82, 2.24) is 15.1 Å². The van der Waals surface area contributed by atoms with Crippen LogP contribution in [0, 0.1) is 5.41 Å². The molecule has 31 heavy (non-hydrogen) atoms. The van der Waals surface area contributed by atoms with Gasteiger partial charge in [0.1, 0.15) is 17.9 Å². The van der Waals surface area contributed by atoms with Crippen LogP contribution in [0.4, 0.5) is 0 Å². The number of fused-ring (bicyclic) bond motifs is 1. The molecule has 1 unspecified atom stereocenters. The number of piperidine rings is 1. The molecule has 5 aliphatic rings. The van der Waals surface area contributed by atoms with Crippen LogP contribution in [0.3, 0.4) is 0 Å². The second kappa shape index (κ2) is 7.03. The van der Waals surface area contributed by atoms with E-state index in [2.05, 4.69) is 10.2 Å². The maximum atomic E-state index is 12.9. The minimum Gasteiger partial charge on any atom is -0.489 e. The average molecular weight is 425 g/mol. The van der Waals surface area contributed by atoms with Gasteiger partial charge in [-0.1, -0.05) is 0 Å². The summed E-state index contributed by atoms with van der Waals surface area (Å²) in [6, 6.07) is 5.49. The van der Waals surface area contributed by atoms with Crippen LogP contribution in [0.15, 0.2) is 18.2 Å². The summed E-state index contributed by atoms with van der Waals surface area (Å²) >= 11 is 0. The Hall–Kier alpha value is -2.45. The lowest BCUT2D eigenvalue weighted by Crippen LogP contribution is -2.69. The van der Waals surface area contributed by atoms with E-state index < -0.39 is 6.04 Å². The molecule has 0 aromatic heterocycles. The van der Waals surface area contributed by atoms with E-state index in [1.807, 2.05) is 18.2 Å². The molecule has 4 heterocycles. The maximum absolute atomic E-state index is 12.9. The topological polar surface area (TPSA) is 88.2 Å². The molecular formula is C23H27N3O5. The van der Waals surface area contributed by atoms with E-state index in [1.165, 1.54) is 6.42 Å². The number of benzene rings is 1. The van der Waals surface area contributed by atoms with Gasteiger partial charge in [0.2, 0.25) is 11.8 Å². The molecule has 6 rings (SSSR count). The van der Waals surface area contributed by atoms with Crippen molar-refractivity contribution in [3.8, 4) is 5.75 Å². The van der Waals surface area contributed by atoms with Crippen LogP contribution < -0.4 is 10.1 Å².